The maximum atomic E-state index is 12.8. The number of carbonyl (C=O) groups is 4. The molecular formula is C18H33N7O5S. The minimum absolute atomic E-state index is 0.0381. The minimum atomic E-state index is -1.05. The molecule has 12 nitrogen and oxygen atoms in total. The van der Waals surface area contributed by atoms with Gasteiger partial charge in [0.05, 0.1) is 12.6 Å². The third-order valence-corrected chi connectivity index (χ3v) is 5.44. The van der Waals surface area contributed by atoms with Crippen LogP contribution in [0.2, 0.25) is 0 Å². The number of nitrogens with one attached hydrogen (secondary N) is 2. The zero-order valence-corrected chi connectivity index (χ0v) is 18.5. The van der Waals surface area contributed by atoms with Crippen molar-refractivity contribution in [1.82, 2.24) is 15.5 Å². The normalized spacial score (nSPS) is 17.5. The molecule has 0 spiro atoms. The average molecular weight is 460 g/mol. The van der Waals surface area contributed by atoms with Crippen LogP contribution in [0.1, 0.15) is 32.1 Å². The van der Waals surface area contributed by atoms with Crippen LogP contribution >= 0.6 is 11.8 Å². The maximum Gasteiger partial charge on any atom is 0.326 e. The molecule has 31 heavy (non-hydrogen) atoms. The zero-order valence-electron chi connectivity index (χ0n) is 17.7. The summed E-state index contributed by atoms with van der Waals surface area (Å²) in [6.07, 6.45) is 4.06. The molecule has 9 N–H and O–H groups in total. The molecule has 13 heteroatoms. The van der Waals surface area contributed by atoms with E-state index in [0.29, 0.717) is 50.9 Å². The second-order valence-corrected chi connectivity index (χ2v) is 8.19. The molecule has 3 unspecified atom stereocenters. The van der Waals surface area contributed by atoms with E-state index in [4.69, 9.17) is 17.2 Å². The Labute approximate surface area is 185 Å². The number of likely N-dealkylation sites (tertiary alicyclic amines) is 1. The van der Waals surface area contributed by atoms with Gasteiger partial charge in [0.25, 0.3) is 0 Å². The first-order chi connectivity index (χ1) is 14.7. The van der Waals surface area contributed by atoms with Crippen molar-refractivity contribution in [3.8, 4) is 0 Å². The molecule has 176 valence electrons. The number of hydrogen-bond acceptors (Lipinski definition) is 7. The SMILES string of the molecule is CSCCC(NC(=O)CNC(=O)C(N)CCCN=C(N)N)C(=O)N1CCCC1C(=O)O. The lowest BCUT2D eigenvalue weighted by molar-refractivity contribution is -0.149. The Morgan fingerprint density at radius 1 is 1.26 bits per heavy atom. The molecule has 0 aromatic rings. The van der Waals surface area contributed by atoms with Gasteiger partial charge in [-0.15, -0.1) is 0 Å². The predicted octanol–water partition coefficient (Wildman–Crippen LogP) is -2.20. The lowest BCUT2D eigenvalue weighted by atomic mass is 10.1. The fraction of sp³-hybridized carbons (Fsp3) is 0.722. The Bertz CT molecular complexity index is 672. The topological polar surface area (TPSA) is 206 Å². The Kier molecular flexibility index (Phi) is 11.7. The highest BCUT2D eigenvalue weighted by Gasteiger charge is 2.37. The summed E-state index contributed by atoms with van der Waals surface area (Å²) in [7, 11) is 0. The highest BCUT2D eigenvalue weighted by molar-refractivity contribution is 7.98. The van der Waals surface area contributed by atoms with Crippen molar-refractivity contribution >= 4 is 41.4 Å². The van der Waals surface area contributed by atoms with E-state index < -0.39 is 41.8 Å². The van der Waals surface area contributed by atoms with Crippen molar-refractivity contribution in [2.45, 2.75) is 50.2 Å². The smallest absolute Gasteiger partial charge is 0.326 e. The Balaban J connectivity index is 2.55. The largest absolute Gasteiger partial charge is 0.480 e. The first kappa shape index (κ1) is 26.5. The highest BCUT2D eigenvalue weighted by atomic mass is 32.2. The summed E-state index contributed by atoms with van der Waals surface area (Å²) >= 11 is 1.51. The fourth-order valence-corrected chi connectivity index (χ4v) is 3.65. The third-order valence-electron chi connectivity index (χ3n) is 4.79. The molecule has 3 amide bonds. The lowest BCUT2D eigenvalue weighted by Gasteiger charge is -2.27. The molecular weight excluding hydrogens is 426 g/mol. The van der Waals surface area contributed by atoms with Gasteiger partial charge in [-0.2, -0.15) is 11.8 Å². The Morgan fingerprint density at radius 2 is 1.97 bits per heavy atom. The summed E-state index contributed by atoms with van der Waals surface area (Å²) < 4.78 is 0. The van der Waals surface area contributed by atoms with Crippen LogP contribution in [0.15, 0.2) is 4.99 Å². The number of nitrogens with zero attached hydrogens (tertiary/aromatic N) is 2. The van der Waals surface area contributed by atoms with Gasteiger partial charge in [-0.05, 0) is 44.1 Å². The van der Waals surface area contributed by atoms with Crippen molar-refractivity contribution in [3.63, 3.8) is 0 Å². The Hall–Kier alpha value is -2.54. The molecule has 0 bridgehead atoms. The van der Waals surface area contributed by atoms with Gasteiger partial charge in [0, 0.05) is 13.1 Å². The Morgan fingerprint density at radius 3 is 2.58 bits per heavy atom. The highest BCUT2D eigenvalue weighted by Crippen LogP contribution is 2.19. The number of carboxylic acids is 1. The molecule has 0 aliphatic carbocycles. The zero-order chi connectivity index (χ0) is 23.4. The number of carbonyl (C=O) groups excluding carboxylic acids is 3. The van der Waals surface area contributed by atoms with Crippen molar-refractivity contribution in [2.24, 2.45) is 22.2 Å². The second-order valence-electron chi connectivity index (χ2n) is 7.20. The van der Waals surface area contributed by atoms with Crippen LogP contribution in [0, 0.1) is 0 Å². The molecule has 1 aliphatic rings. The average Bonchev–Trinajstić information content (AvgIpc) is 3.21. The number of aliphatic imine (C=N–C) groups is 1. The van der Waals surface area contributed by atoms with Crippen LogP contribution in [0.3, 0.4) is 0 Å². The summed E-state index contributed by atoms with van der Waals surface area (Å²) in [6.45, 7) is 0.343. The molecule has 0 radical (unpaired) electrons. The molecule has 0 aromatic heterocycles. The van der Waals surface area contributed by atoms with Crippen LogP contribution in [0.25, 0.3) is 0 Å². The van der Waals surface area contributed by atoms with Crippen molar-refractivity contribution in [3.05, 3.63) is 0 Å². The molecule has 1 saturated heterocycles. The summed E-state index contributed by atoms with van der Waals surface area (Å²) in [4.78, 5) is 53.7. The van der Waals surface area contributed by atoms with Gasteiger partial charge in [0.15, 0.2) is 5.96 Å². The number of thioether (sulfide) groups is 1. The quantitative estimate of drug-likeness (QED) is 0.100. The van der Waals surface area contributed by atoms with E-state index in [1.54, 1.807) is 0 Å². The van der Waals surface area contributed by atoms with Gasteiger partial charge in [-0.3, -0.25) is 19.4 Å². The minimum Gasteiger partial charge on any atom is -0.480 e. The van der Waals surface area contributed by atoms with Crippen LogP contribution in [0.5, 0.6) is 0 Å². The van der Waals surface area contributed by atoms with Gasteiger partial charge in [-0.1, -0.05) is 0 Å². The standard InChI is InChI=1S/C18H33N7O5S/c1-31-9-6-12(16(28)25-8-3-5-13(25)17(29)30)24-14(26)10-23-15(27)11(19)4-2-7-22-18(20)21/h11-13H,2-10,19H2,1H3,(H,23,27)(H,24,26)(H,29,30)(H4,20,21,22). The molecule has 0 saturated carbocycles. The van der Waals surface area contributed by atoms with E-state index in [1.807, 2.05) is 6.26 Å². The van der Waals surface area contributed by atoms with Gasteiger partial charge in [0.1, 0.15) is 12.1 Å². The number of aliphatic carboxylic acids is 1. The van der Waals surface area contributed by atoms with Crippen LogP contribution in [-0.2, 0) is 19.2 Å². The van der Waals surface area contributed by atoms with E-state index in [-0.39, 0.29) is 12.5 Å². The number of carboxylic acid groups (broad SMARTS) is 1. The van der Waals surface area contributed by atoms with Gasteiger partial charge >= 0.3 is 5.97 Å². The van der Waals surface area contributed by atoms with E-state index in [0.717, 1.165) is 0 Å². The number of amides is 3. The second kappa shape index (κ2) is 13.7. The predicted molar refractivity (Wildman–Crippen MR) is 118 cm³/mol. The first-order valence-electron chi connectivity index (χ1n) is 10.1. The summed E-state index contributed by atoms with van der Waals surface area (Å²) in [5.74, 6) is -1.96. The molecule has 1 heterocycles. The third kappa shape index (κ3) is 9.42. The molecule has 3 atom stereocenters. The van der Waals surface area contributed by atoms with E-state index in [2.05, 4.69) is 15.6 Å². The first-order valence-corrected chi connectivity index (χ1v) is 11.5. The van der Waals surface area contributed by atoms with E-state index in [9.17, 15) is 24.3 Å². The van der Waals surface area contributed by atoms with E-state index in [1.165, 1.54) is 16.7 Å². The number of guanidine groups is 1. The summed E-state index contributed by atoms with van der Waals surface area (Å²) in [5, 5.41) is 14.4. The van der Waals surface area contributed by atoms with Crippen LogP contribution in [0.4, 0.5) is 0 Å². The number of nitrogens with two attached hydrogens (primary N) is 3. The maximum absolute atomic E-state index is 12.8. The summed E-state index contributed by atoms with van der Waals surface area (Å²) in [5.41, 5.74) is 16.2. The monoisotopic (exact) mass is 459 g/mol. The summed E-state index contributed by atoms with van der Waals surface area (Å²) in [6, 6.07) is -2.56. The van der Waals surface area contributed by atoms with Crippen molar-refractivity contribution in [2.75, 3.05) is 31.6 Å². The molecule has 1 rings (SSSR count). The van der Waals surface area contributed by atoms with Crippen LogP contribution < -0.4 is 27.8 Å². The van der Waals surface area contributed by atoms with Crippen molar-refractivity contribution < 1.29 is 24.3 Å². The fourth-order valence-electron chi connectivity index (χ4n) is 3.17. The molecule has 0 aromatic carbocycles. The lowest BCUT2D eigenvalue weighted by Crippen LogP contribution is -2.54. The van der Waals surface area contributed by atoms with Crippen LogP contribution in [-0.4, -0.2) is 89.4 Å². The van der Waals surface area contributed by atoms with Gasteiger partial charge in [0.2, 0.25) is 17.7 Å². The van der Waals surface area contributed by atoms with Gasteiger partial charge < -0.3 is 37.8 Å². The molecule has 1 aliphatic heterocycles. The van der Waals surface area contributed by atoms with Crippen molar-refractivity contribution in [1.29, 1.82) is 0 Å². The van der Waals surface area contributed by atoms with Gasteiger partial charge in [-0.25, -0.2) is 4.79 Å². The number of hydrogen-bond donors (Lipinski definition) is 6. The van der Waals surface area contributed by atoms with E-state index >= 15 is 0 Å². The molecule has 1 fully saturated rings. The number of rotatable bonds is 13.